The molecule has 1 aliphatic heterocycles. The summed E-state index contributed by atoms with van der Waals surface area (Å²) in [6.07, 6.45) is 5.47. The van der Waals surface area contributed by atoms with Crippen LogP contribution in [0.4, 0.5) is 10.5 Å². The number of hydrogen-bond donors (Lipinski definition) is 2. The molecule has 2 aromatic carbocycles. The van der Waals surface area contributed by atoms with Gasteiger partial charge in [-0.3, -0.25) is 0 Å². The first-order valence-electron chi connectivity index (χ1n) is 8.72. The van der Waals surface area contributed by atoms with Gasteiger partial charge in [-0.15, -0.1) is 0 Å². The second kappa shape index (κ2) is 6.01. The van der Waals surface area contributed by atoms with E-state index in [4.69, 9.17) is 23.2 Å². The van der Waals surface area contributed by atoms with Crippen LogP contribution in [0.3, 0.4) is 0 Å². The van der Waals surface area contributed by atoms with Gasteiger partial charge in [-0.05, 0) is 36.6 Å². The van der Waals surface area contributed by atoms with Crippen LogP contribution in [0.1, 0.15) is 18.4 Å². The summed E-state index contributed by atoms with van der Waals surface area (Å²) in [5, 5.41) is 6.72. The molecule has 1 aliphatic carbocycles. The molecule has 5 nitrogen and oxygen atoms in total. The van der Waals surface area contributed by atoms with Gasteiger partial charge in [0.1, 0.15) is 0 Å². The fourth-order valence-corrected chi connectivity index (χ4v) is 4.58. The molecular formula is C20H16Cl2N4O. The van der Waals surface area contributed by atoms with E-state index >= 15 is 0 Å². The standard InChI is InChI=1S/C20H16Cl2N4O/c21-16-6-5-12(7-17(16)22)24-19(27)25-13-8-20(9-13)15-4-2-1-3-14(15)18-10-23-11-26(18)20/h1-7,10-11,13H,8-9H2,(H2,24,25,27). The summed E-state index contributed by atoms with van der Waals surface area (Å²) in [6, 6.07) is 13.3. The first kappa shape index (κ1) is 16.7. The topological polar surface area (TPSA) is 59.0 Å². The summed E-state index contributed by atoms with van der Waals surface area (Å²) in [5.74, 6) is 0. The molecule has 27 heavy (non-hydrogen) atoms. The van der Waals surface area contributed by atoms with Crippen molar-refractivity contribution in [3.63, 3.8) is 0 Å². The third kappa shape index (κ3) is 2.53. The van der Waals surface area contributed by atoms with Gasteiger partial charge in [0, 0.05) is 17.3 Å². The number of carbonyl (C=O) groups is 1. The lowest BCUT2D eigenvalue weighted by molar-refractivity contribution is 0.149. The van der Waals surface area contributed by atoms with Gasteiger partial charge >= 0.3 is 6.03 Å². The molecule has 1 spiro atoms. The lowest BCUT2D eigenvalue weighted by Gasteiger charge is -2.47. The molecule has 0 radical (unpaired) electrons. The van der Waals surface area contributed by atoms with Crippen LogP contribution < -0.4 is 10.6 Å². The van der Waals surface area contributed by atoms with E-state index in [1.165, 1.54) is 11.1 Å². The second-order valence-corrected chi connectivity index (χ2v) is 7.87. The summed E-state index contributed by atoms with van der Waals surface area (Å²) in [4.78, 5) is 16.7. The molecule has 1 saturated carbocycles. The van der Waals surface area contributed by atoms with Crippen molar-refractivity contribution in [2.45, 2.75) is 24.4 Å². The number of hydrogen-bond acceptors (Lipinski definition) is 2. The van der Waals surface area contributed by atoms with Gasteiger partial charge in [-0.25, -0.2) is 9.78 Å². The smallest absolute Gasteiger partial charge is 0.319 e. The number of aromatic nitrogens is 2. The average Bonchev–Trinajstić information content (AvgIpc) is 3.19. The van der Waals surface area contributed by atoms with E-state index in [1.54, 1.807) is 18.2 Å². The predicted molar refractivity (Wildman–Crippen MR) is 106 cm³/mol. The molecule has 1 aromatic heterocycles. The molecule has 1 fully saturated rings. The number of benzene rings is 2. The molecule has 0 saturated heterocycles. The van der Waals surface area contributed by atoms with Gasteiger partial charge in [0.15, 0.2) is 0 Å². The van der Waals surface area contributed by atoms with Crippen molar-refractivity contribution >= 4 is 34.9 Å². The van der Waals surface area contributed by atoms with Crippen molar-refractivity contribution < 1.29 is 4.79 Å². The number of anilines is 1. The molecule has 0 unspecified atom stereocenters. The van der Waals surface area contributed by atoms with Gasteiger partial charge in [0.05, 0.1) is 33.8 Å². The lowest BCUT2D eigenvalue weighted by atomic mass is 9.68. The third-order valence-corrected chi connectivity index (χ3v) is 6.22. The molecule has 7 heteroatoms. The molecule has 2 N–H and O–H groups in total. The zero-order chi connectivity index (χ0) is 18.6. The molecule has 5 rings (SSSR count). The zero-order valence-electron chi connectivity index (χ0n) is 14.2. The fourth-order valence-electron chi connectivity index (χ4n) is 4.28. The van der Waals surface area contributed by atoms with E-state index in [-0.39, 0.29) is 17.6 Å². The van der Waals surface area contributed by atoms with E-state index in [2.05, 4.69) is 38.4 Å². The van der Waals surface area contributed by atoms with Gasteiger partial charge in [-0.2, -0.15) is 0 Å². The first-order valence-corrected chi connectivity index (χ1v) is 9.48. The number of halogens is 2. The monoisotopic (exact) mass is 398 g/mol. The second-order valence-electron chi connectivity index (χ2n) is 7.06. The fraction of sp³-hybridized carbons (Fsp3) is 0.200. The molecular weight excluding hydrogens is 383 g/mol. The highest BCUT2D eigenvalue weighted by Crippen LogP contribution is 2.54. The first-order chi connectivity index (χ1) is 13.1. The Balaban J connectivity index is 1.30. The molecule has 2 amide bonds. The highest BCUT2D eigenvalue weighted by atomic mass is 35.5. The largest absolute Gasteiger partial charge is 0.335 e. The number of fused-ring (bicyclic) bond motifs is 5. The Morgan fingerprint density at radius 1 is 1.15 bits per heavy atom. The SMILES string of the molecule is O=C(Nc1ccc(Cl)c(Cl)c1)NC1CC2(C1)c1ccccc1-c1cncn12. The van der Waals surface area contributed by atoms with Crippen molar-refractivity contribution in [1.82, 2.24) is 14.9 Å². The Labute approximate surface area is 166 Å². The molecule has 0 atom stereocenters. The van der Waals surface area contributed by atoms with E-state index in [0.29, 0.717) is 15.7 Å². The van der Waals surface area contributed by atoms with Crippen molar-refractivity contribution in [3.8, 4) is 11.3 Å². The van der Waals surface area contributed by atoms with Gasteiger partial charge in [0.25, 0.3) is 0 Å². The van der Waals surface area contributed by atoms with Crippen LogP contribution >= 0.6 is 23.2 Å². The molecule has 3 aromatic rings. The van der Waals surface area contributed by atoms with Crippen molar-refractivity contribution in [1.29, 1.82) is 0 Å². The lowest BCUT2D eigenvalue weighted by Crippen LogP contribution is -2.56. The van der Waals surface area contributed by atoms with Gasteiger partial charge in [-0.1, -0.05) is 47.5 Å². The molecule has 2 heterocycles. The molecule has 2 aliphatic rings. The number of carbonyl (C=O) groups excluding carboxylic acids is 1. The maximum atomic E-state index is 12.3. The van der Waals surface area contributed by atoms with Crippen molar-refractivity contribution in [2.75, 3.05) is 5.32 Å². The van der Waals surface area contributed by atoms with Crippen molar-refractivity contribution in [3.05, 3.63) is 70.6 Å². The number of nitrogens with one attached hydrogen (secondary N) is 2. The summed E-state index contributed by atoms with van der Waals surface area (Å²) >= 11 is 11.9. The zero-order valence-corrected chi connectivity index (χ0v) is 15.8. The minimum Gasteiger partial charge on any atom is -0.335 e. The minimum atomic E-state index is -0.245. The quantitative estimate of drug-likeness (QED) is 0.644. The summed E-state index contributed by atoms with van der Waals surface area (Å²) < 4.78 is 2.24. The maximum absolute atomic E-state index is 12.3. The normalized spacial score (nSPS) is 22.1. The summed E-state index contributed by atoms with van der Waals surface area (Å²) in [6.45, 7) is 0. The summed E-state index contributed by atoms with van der Waals surface area (Å²) in [5.41, 5.74) is 4.19. The van der Waals surface area contributed by atoms with E-state index in [9.17, 15) is 4.79 Å². The van der Waals surface area contributed by atoms with Crippen LogP contribution in [-0.2, 0) is 5.54 Å². The van der Waals surface area contributed by atoms with E-state index < -0.39 is 0 Å². The summed E-state index contributed by atoms with van der Waals surface area (Å²) in [7, 11) is 0. The maximum Gasteiger partial charge on any atom is 0.319 e. The highest BCUT2D eigenvalue weighted by molar-refractivity contribution is 6.42. The average molecular weight is 399 g/mol. The Morgan fingerprint density at radius 2 is 1.96 bits per heavy atom. The van der Waals surface area contributed by atoms with Gasteiger partial charge < -0.3 is 15.2 Å². The van der Waals surface area contributed by atoms with Crippen LogP contribution in [-0.4, -0.2) is 21.6 Å². The number of urea groups is 1. The van der Waals surface area contributed by atoms with Crippen LogP contribution in [0.15, 0.2) is 55.0 Å². The number of nitrogens with zero attached hydrogens (tertiary/aromatic N) is 2. The van der Waals surface area contributed by atoms with Crippen LogP contribution in [0.2, 0.25) is 10.0 Å². The number of imidazole rings is 1. The van der Waals surface area contributed by atoms with Crippen LogP contribution in [0.5, 0.6) is 0 Å². The third-order valence-electron chi connectivity index (χ3n) is 5.48. The van der Waals surface area contributed by atoms with E-state index in [0.717, 1.165) is 18.5 Å². The number of rotatable bonds is 2. The Kier molecular flexibility index (Phi) is 3.71. The Hall–Kier alpha value is -2.50. The van der Waals surface area contributed by atoms with Crippen molar-refractivity contribution in [2.24, 2.45) is 0 Å². The Bertz CT molecular complexity index is 1060. The molecule has 0 bridgehead atoms. The van der Waals surface area contributed by atoms with E-state index in [1.807, 2.05) is 18.6 Å². The highest BCUT2D eigenvalue weighted by Gasteiger charge is 2.52. The van der Waals surface area contributed by atoms with Gasteiger partial charge in [0.2, 0.25) is 0 Å². The Morgan fingerprint density at radius 3 is 2.78 bits per heavy atom. The van der Waals surface area contributed by atoms with Crippen LogP contribution in [0.25, 0.3) is 11.3 Å². The van der Waals surface area contributed by atoms with Crippen LogP contribution in [0, 0.1) is 0 Å². The minimum absolute atomic E-state index is 0.0918. The predicted octanol–water partition coefficient (Wildman–Crippen LogP) is 4.90. The molecule has 136 valence electrons. The number of amides is 2.